The Kier molecular flexibility index (Phi) is 6.09. The molecule has 6 nitrogen and oxygen atoms in total. The molecule has 4 saturated carbocycles. The second kappa shape index (κ2) is 8.20. The Hall–Kier alpha value is -0.930. The van der Waals surface area contributed by atoms with Crippen LogP contribution < -0.4 is 0 Å². The lowest BCUT2D eigenvalue weighted by Crippen LogP contribution is -2.60. The number of hydrogen-bond acceptors (Lipinski definition) is 5. The first-order chi connectivity index (χ1) is 14.1. The standard InChI is InChI=1S/C21H21Br3O6/c22-13-4-14(17(24)15(23)5-13)18(27)30-21-8-11-3-12(9-21)7-20(6-11,10-21)19(28)29-2-1-16(25)26/h4-5,11-12H,1-3,6-10H2,(H,25,26). The van der Waals surface area contributed by atoms with Gasteiger partial charge in [0, 0.05) is 19.8 Å². The highest BCUT2D eigenvalue weighted by atomic mass is 79.9. The van der Waals surface area contributed by atoms with Crippen molar-refractivity contribution in [3.8, 4) is 0 Å². The summed E-state index contributed by atoms with van der Waals surface area (Å²) in [4.78, 5) is 36.8. The van der Waals surface area contributed by atoms with Crippen LogP contribution >= 0.6 is 47.8 Å². The van der Waals surface area contributed by atoms with Crippen LogP contribution in [0.25, 0.3) is 0 Å². The minimum Gasteiger partial charge on any atom is -0.481 e. The molecule has 162 valence electrons. The van der Waals surface area contributed by atoms with Gasteiger partial charge in [-0.3, -0.25) is 9.59 Å². The topological polar surface area (TPSA) is 89.9 Å². The summed E-state index contributed by atoms with van der Waals surface area (Å²) in [5.74, 6) is -1.14. The Morgan fingerprint density at radius 3 is 2.37 bits per heavy atom. The molecule has 0 aliphatic heterocycles. The van der Waals surface area contributed by atoms with Crippen LogP contribution in [0.3, 0.4) is 0 Å². The lowest BCUT2D eigenvalue weighted by atomic mass is 9.48. The maximum atomic E-state index is 13.1. The Morgan fingerprint density at radius 1 is 1.07 bits per heavy atom. The summed E-state index contributed by atoms with van der Waals surface area (Å²) < 4.78 is 13.6. The van der Waals surface area contributed by atoms with Crippen molar-refractivity contribution in [1.29, 1.82) is 0 Å². The van der Waals surface area contributed by atoms with Crippen molar-refractivity contribution in [1.82, 2.24) is 0 Å². The number of aliphatic carboxylic acids is 1. The molecule has 5 rings (SSSR count). The van der Waals surface area contributed by atoms with E-state index >= 15 is 0 Å². The molecule has 4 fully saturated rings. The van der Waals surface area contributed by atoms with E-state index in [4.69, 9.17) is 14.6 Å². The third-order valence-electron chi connectivity index (χ3n) is 6.51. The second-order valence-electron chi connectivity index (χ2n) is 8.84. The summed E-state index contributed by atoms with van der Waals surface area (Å²) in [5.41, 5.74) is -0.941. The monoisotopic (exact) mass is 606 g/mol. The molecule has 0 amide bonds. The maximum Gasteiger partial charge on any atom is 0.339 e. The van der Waals surface area contributed by atoms with E-state index in [0.29, 0.717) is 28.3 Å². The fourth-order valence-corrected chi connectivity index (χ4v) is 7.49. The van der Waals surface area contributed by atoms with E-state index in [1.165, 1.54) is 0 Å². The number of carboxylic acids is 1. The van der Waals surface area contributed by atoms with Crippen LogP contribution in [0.5, 0.6) is 0 Å². The fraction of sp³-hybridized carbons (Fsp3) is 0.571. The summed E-state index contributed by atoms with van der Waals surface area (Å²) in [6.45, 7) is -0.128. The van der Waals surface area contributed by atoms with Gasteiger partial charge in [-0.1, -0.05) is 15.9 Å². The first-order valence-corrected chi connectivity index (χ1v) is 12.3. The van der Waals surface area contributed by atoms with Gasteiger partial charge in [0.05, 0.1) is 17.4 Å². The highest BCUT2D eigenvalue weighted by Gasteiger charge is 2.63. The molecule has 2 atom stereocenters. The molecule has 0 heterocycles. The molecule has 4 aliphatic rings. The minimum absolute atomic E-state index is 0.128. The van der Waals surface area contributed by atoms with Crippen LogP contribution in [0.15, 0.2) is 25.6 Å². The smallest absolute Gasteiger partial charge is 0.339 e. The van der Waals surface area contributed by atoms with E-state index in [-0.39, 0.29) is 19.0 Å². The Balaban J connectivity index is 1.55. The third kappa shape index (κ3) is 4.21. The van der Waals surface area contributed by atoms with Gasteiger partial charge >= 0.3 is 17.9 Å². The van der Waals surface area contributed by atoms with Gasteiger partial charge in [0.15, 0.2) is 0 Å². The average Bonchev–Trinajstić information content (AvgIpc) is 2.62. The number of ether oxygens (including phenoxy) is 2. The van der Waals surface area contributed by atoms with Crippen molar-refractivity contribution in [3.05, 3.63) is 31.1 Å². The molecule has 0 aromatic heterocycles. The van der Waals surface area contributed by atoms with Crippen LogP contribution in [-0.4, -0.2) is 35.2 Å². The fourth-order valence-electron chi connectivity index (χ4n) is 5.88. The van der Waals surface area contributed by atoms with E-state index in [1.807, 2.05) is 6.07 Å². The molecule has 4 aliphatic carbocycles. The predicted molar refractivity (Wildman–Crippen MR) is 118 cm³/mol. The van der Waals surface area contributed by atoms with Crippen LogP contribution in [0, 0.1) is 17.3 Å². The molecule has 1 N–H and O–H groups in total. The molecule has 0 spiro atoms. The van der Waals surface area contributed by atoms with E-state index in [0.717, 1.165) is 41.0 Å². The third-order valence-corrected chi connectivity index (χ3v) is 8.98. The van der Waals surface area contributed by atoms with Crippen LogP contribution in [0.2, 0.25) is 0 Å². The second-order valence-corrected chi connectivity index (χ2v) is 11.4. The van der Waals surface area contributed by atoms with E-state index in [1.54, 1.807) is 6.07 Å². The van der Waals surface area contributed by atoms with Gasteiger partial charge in [0.2, 0.25) is 0 Å². The van der Waals surface area contributed by atoms with Crippen molar-refractivity contribution >= 4 is 65.7 Å². The normalized spacial score (nSPS) is 31.4. The van der Waals surface area contributed by atoms with E-state index < -0.39 is 23.0 Å². The van der Waals surface area contributed by atoms with Crippen molar-refractivity contribution in [2.24, 2.45) is 17.3 Å². The quantitative estimate of drug-likeness (QED) is 0.339. The van der Waals surface area contributed by atoms with Crippen LogP contribution in [-0.2, 0) is 19.1 Å². The number of carbonyl (C=O) groups excluding carboxylic acids is 2. The van der Waals surface area contributed by atoms with E-state index in [2.05, 4.69) is 47.8 Å². The number of hydrogen-bond donors (Lipinski definition) is 1. The largest absolute Gasteiger partial charge is 0.481 e. The average molecular weight is 609 g/mol. The van der Waals surface area contributed by atoms with Gasteiger partial charge in [-0.15, -0.1) is 0 Å². The van der Waals surface area contributed by atoms with Crippen molar-refractivity contribution in [2.75, 3.05) is 6.61 Å². The zero-order valence-electron chi connectivity index (χ0n) is 16.1. The molecule has 0 saturated heterocycles. The molecular formula is C21H21Br3O6. The minimum atomic E-state index is -0.996. The van der Waals surface area contributed by atoms with Crippen molar-refractivity contribution < 1.29 is 29.0 Å². The number of benzene rings is 1. The summed E-state index contributed by atoms with van der Waals surface area (Å²) in [5, 5.41) is 8.81. The molecule has 1 aromatic rings. The molecular weight excluding hydrogens is 588 g/mol. The van der Waals surface area contributed by atoms with Gasteiger partial charge in [-0.05, 0) is 87.9 Å². The number of carboxylic acid groups (broad SMARTS) is 1. The molecule has 4 bridgehead atoms. The number of esters is 2. The highest BCUT2D eigenvalue weighted by Crippen LogP contribution is 2.63. The summed E-state index contributed by atoms with van der Waals surface area (Å²) in [6.07, 6.45) is 4.23. The zero-order valence-corrected chi connectivity index (χ0v) is 20.8. The lowest BCUT2D eigenvalue weighted by molar-refractivity contribution is -0.197. The van der Waals surface area contributed by atoms with Gasteiger partial charge in [-0.25, -0.2) is 4.79 Å². The zero-order chi connectivity index (χ0) is 21.7. The lowest BCUT2D eigenvalue weighted by Gasteiger charge is -2.59. The summed E-state index contributed by atoms with van der Waals surface area (Å²) >= 11 is 10.3. The van der Waals surface area contributed by atoms with Crippen LogP contribution in [0.4, 0.5) is 0 Å². The molecule has 30 heavy (non-hydrogen) atoms. The number of rotatable bonds is 6. The van der Waals surface area contributed by atoms with Gasteiger partial charge in [0.1, 0.15) is 12.2 Å². The first-order valence-electron chi connectivity index (χ1n) is 9.88. The summed E-state index contributed by atoms with van der Waals surface area (Å²) in [7, 11) is 0. The Labute approximate surface area is 199 Å². The first kappa shape index (κ1) is 22.3. The van der Waals surface area contributed by atoms with Crippen LogP contribution in [0.1, 0.15) is 55.3 Å². The van der Waals surface area contributed by atoms with Crippen molar-refractivity contribution in [3.63, 3.8) is 0 Å². The molecule has 1 aromatic carbocycles. The van der Waals surface area contributed by atoms with Gasteiger partial charge in [-0.2, -0.15) is 0 Å². The maximum absolute atomic E-state index is 13.1. The number of carbonyl (C=O) groups is 3. The van der Waals surface area contributed by atoms with E-state index in [9.17, 15) is 14.4 Å². The van der Waals surface area contributed by atoms with Gasteiger partial charge < -0.3 is 14.6 Å². The van der Waals surface area contributed by atoms with Gasteiger partial charge in [0.25, 0.3) is 0 Å². The predicted octanol–water partition coefficient (Wildman–Crippen LogP) is 5.49. The Bertz CT molecular complexity index is 900. The van der Waals surface area contributed by atoms with Crippen molar-refractivity contribution in [2.45, 2.75) is 50.5 Å². The SMILES string of the molecule is O=C(O)CCOC(=O)C12CC3CC(CC(OC(=O)c4cc(Br)cc(Br)c4Br)(C3)C1)C2. The molecule has 2 unspecified atom stereocenters. The number of halogens is 3. The molecule has 0 radical (unpaired) electrons. The molecule has 9 heteroatoms. The Morgan fingerprint density at radius 2 is 1.73 bits per heavy atom. The summed E-state index contributed by atoms with van der Waals surface area (Å²) in [6, 6.07) is 3.56. The highest BCUT2D eigenvalue weighted by molar-refractivity contribution is 9.13.